The fraction of sp³-hybridized carbons (Fsp3) is 0.364. The summed E-state index contributed by atoms with van der Waals surface area (Å²) >= 11 is 5.89. The quantitative estimate of drug-likeness (QED) is 0.779. The standard InChI is InChI=1S/C11H12ClNO2/c12-9-5-11(15)13(7-9)6-8-1-3-10(14)4-2-8/h1-4,9,14H,5-7H2. The summed E-state index contributed by atoms with van der Waals surface area (Å²) in [5, 5.41) is 9.05. The predicted molar refractivity (Wildman–Crippen MR) is 57.8 cm³/mol. The molecule has 1 fully saturated rings. The number of halogens is 1. The minimum Gasteiger partial charge on any atom is -0.508 e. The molecule has 1 atom stereocenters. The van der Waals surface area contributed by atoms with Crippen LogP contribution >= 0.6 is 11.6 Å². The van der Waals surface area contributed by atoms with Crippen LogP contribution in [0, 0.1) is 0 Å². The van der Waals surface area contributed by atoms with Crippen LogP contribution in [0.3, 0.4) is 0 Å². The second kappa shape index (κ2) is 4.11. The Kier molecular flexibility index (Phi) is 2.82. The maximum absolute atomic E-state index is 11.4. The first-order valence-electron chi connectivity index (χ1n) is 4.85. The number of amides is 1. The van der Waals surface area contributed by atoms with E-state index in [1.54, 1.807) is 17.0 Å². The van der Waals surface area contributed by atoms with E-state index in [4.69, 9.17) is 16.7 Å². The molecule has 1 saturated heterocycles. The molecule has 3 nitrogen and oxygen atoms in total. The molecule has 1 aromatic carbocycles. The van der Waals surface area contributed by atoms with Crippen molar-refractivity contribution in [2.24, 2.45) is 0 Å². The van der Waals surface area contributed by atoms with Gasteiger partial charge in [0.2, 0.25) is 5.91 Å². The van der Waals surface area contributed by atoms with Crippen molar-refractivity contribution in [2.75, 3.05) is 6.54 Å². The van der Waals surface area contributed by atoms with E-state index in [0.29, 0.717) is 19.5 Å². The Morgan fingerprint density at radius 1 is 1.40 bits per heavy atom. The summed E-state index contributed by atoms with van der Waals surface area (Å²) in [4.78, 5) is 13.2. The molecule has 0 aromatic heterocycles. The first-order valence-corrected chi connectivity index (χ1v) is 5.28. The Balaban J connectivity index is 2.03. The first kappa shape index (κ1) is 10.3. The number of phenols is 1. The molecule has 1 aliphatic rings. The second-order valence-electron chi connectivity index (χ2n) is 3.74. The van der Waals surface area contributed by atoms with Crippen LogP contribution in [-0.4, -0.2) is 27.8 Å². The highest BCUT2D eigenvalue weighted by molar-refractivity contribution is 6.22. The summed E-state index contributed by atoms with van der Waals surface area (Å²) in [5.41, 5.74) is 1.01. The zero-order valence-electron chi connectivity index (χ0n) is 8.19. The highest BCUT2D eigenvalue weighted by Gasteiger charge is 2.27. The van der Waals surface area contributed by atoms with E-state index in [2.05, 4.69) is 0 Å². The third kappa shape index (κ3) is 2.42. The molecule has 2 rings (SSSR count). The number of phenolic OH excluding ortho intramolecular Hbond substituents is 1. The number of hydrogen-bond acceptors (Lipinski definition) is 2. The molecule has 80 valence electrons. The van der Waals surface area contributed by atoms with Gasteiger partial charge in [0.15, 0.2) is 0 Å². The van der Waals surface area contributed by atoms with Gasteiger partial charge in [-0.3, -0.25) is 4.79 Å². The van der Waals surface area contributed by atoms with Crippen LogP contribution in [-0.2, 0) is 11.3 Å². The fourth-order valence-corrected chi connectivity index (χ4v) is 2.00. The van der Waals surface area contributed by atoms with Gasteiger partial charge in [0.1, 0.15) is 5.75 Å². The maximum atomic E-state index is 11.4. The van der Waals surface area contributed by atoms with Crippen LogP contribution in [0.2, 0.25) is 0 Å². The highest BCUT2D eigenvalue weighted by atomic mass is 35.5. The molecule has 1 amide bonds. The molecule has 0 saturated carbocycles. The molecule has 0 spiro atoms. The largest absolute Gasteiger partial charge is 0.508 e. The topological polar surface area (TPSA) is 40.5 Å². The fourth-order valence-electron chi connectivity index (χ4n) is 1.70. The number of likely N-dealkylation sites (tertiary alicyclic amines) is 1. The number of rotatable bonds is 2. The molecule has 0 bridgehead atoms. The number of alkyl halides is 1. The van der Waals surface area contributed by atoms with E-state index in [0.717, 1.165) is 5.56 Å². The number of aromatic hydroxyl groups is 1. The van der Waals surface area contributed by atoms with Crippen LogP contribution in [0.4, 0.5) is 0 Å². The van der Waals surface area contributed by atoms with Crippen LogP contribution < -0.4 is 0 Å². The number of carbonyl (C=O) groups is 1. The van der Waals surface area contributed by atoms with Crippen molar-refractivity contribution in [2.45, 2.75) is 18.3 Å². The Bertz CT molecular complexity index is 363. The molecule has 1 heterocycles. The van der Waals surface area contributed by atoms with Gasteiger partial charge in [-0.15, -0.1) is 11.6 Å². The van der Waals surface area contributed by atoms with Gasteiger partial charge in [-0.1, -0.05) is 12.1 Å². The average Bonchev–Trinajstić information content (AvgIpc) is 2.49. The molecule has 0 aliphatic carbocycles. The van der Waals surface area contributed by atoms with Crippen molar-refractivity contribution in [1.29, 1.82) is 0 Å². The van der Waals surface area contributed by atoms with E-state index in [-0.39, 0.29) is 17.0 Å². The van der Waals surface area contributed by atoms with Crippen molar-refractivity contribution >= 4 is 17.5 Å². The summed E-state index contributed by atoms with van der Waals surface area (Å²) in [6, 6.07) is 6.86. The van der Waals surface area contributed by atoms with E-state index >= 15 is 0 Å². The van der Waals surface area contributed by atoms with Crippen LogP contribution in [0.1, 0.15) is 12.0 Å². The minimum atomic E-state index is -0.0605. The molecule has 0 radical (unpaired) electrons. The monoisotopic (exact) mass is 225 g/mol. The summed E-state index contributed by atoms with van der Waals surface area (Å²) in [7, 11) is 0. The lowest BCUT2D eigenvalue weighted by molar-refractivity contribution is -0.128. The third-order valence-corrected chi connectivity index (χ3v) is 2.77. The summed E-state index contributed by atoms with van der Waals surface area (Å²) in [5.74, 6) is 0.338. The van der Waals surface area contributed by atoms with Crippen LogP contribution in [0.25, 0.3) is 0 Å². The first-order chi connectivity index (χ1) is 7.15. The third-order valence-electron chi connectivity index (χ3n) is 2.48. The highest BCUT2D eigenvalue weighted by Crippen LogP contribution is 2.19. The van der Waals surface area contributed by atoms with Gasteiger partial charge in [-0.25, -0.2) is 0 Å². The lowest BCUT2D eigenvalue weighted by Gasteiger charge is -2.15. The molecular weight excluding hydrogens is 214 g/mol. The molecule has 4 heteroatoms. The smallest absolute Gasteiger partial charge is 0.224 e. The van der Waals surface area contributed by atoms with Gasteiger partial charge < -0.3 is 10.0 Å². The SMILES string of the molecule is O=C1CC(Cl)CN1Cc1ccc(O)cc1. The molecule has 1 aliphatic heterocycles. The lowest BCUT2D eigenvalue weighted by Crippen LogP contribution is -2.24. The van der Waals surface area contributed by atoms with E-state index in [9.17, 15) is 4.79 Å². The Labute approximate surface area is 93.3 Å². The number of carbonyl (C=O) groups excluding carboxylic acids is 1. The van der Waals surface area contributed by atoms with E-state index < -0.39 is 0 Å². The number of hydrogen-bond donors (Lipinski definition) is 1. The molecule has 15 heavy (non-hydrogen) atoms. The van der Waals surface area contributed by atoms with Gasteiger partial charge in [0.05, 0.1) is 5.38 Å². The van der Waals surface area contributed by atoms with Gasteiger partial charge in [-0.2, -0.15) is 0 Å². The second-order valence-corrected chi connectivity index (χ2v) is 4.36. The minimum absolute atomic E-state index is 0.0605. The zero-order chi connectivity index (χ0) is 10.8. The molecule has 1 unspecified atom stereocenters. The van der Waals surface area contributed by atoms with Crippen molar-refractivity contribution < 1.29 is 9.90 Å². The van der Waals surface area contributed by atoms with Gasteiger partial charge in [0.25, 0.3) is 0 Å². The Hall–Kier alpha value is -1.22. The number of nitrogens with zero attached hydrogens (tertiary/aromatic N) is 1. The van der Waals surface area contributed by atoms with Gasteiger partial charge >= 0.3 is 0 Å². The van der Waals surface area contributed by atoms with Crippen molar-refractivity contribution in [3.8, 4) is 5.75 Å². The Morgan fingerprint density at radius 3 is 2.60 bits per heavy atom. The zero-order valence-corrected chi connectivity index (χ0v) is 8.94. The Morgan fingerprint density at radius 2 is 2.07 bits per heavy atom. The molecule has 1 aromatic rings. The predicted octanol–water partition coefficient (Wildman–Crippen LogP) is 1.73. The molecule has 1 N–H and O–H groups in total. The van der Waals surface area contributed by atoms with Crippen LogP contribution in [0.5, 0.6) is 5.75 Å². The summed E-state index contributed by atoms with van der Waals surface area (Å²) < 4.78 is 0. The summed E-state index contributed by atoms with van der Waals surface area (Å²) in [6.45, 7) is 1.18. The van der Waals surface area contributed by atoms with Crippen LogP contribution in [0.15, 0.2) is 24.3 Å². The average molecular weight is 226 g/mol. The summed E-state index contributed by atoms with van der Waals surface area (Å²) in [6.07, 6.45) is 0.430. The molecular formula is C11H12ClNO2. The van der Waals surface area contributed by atoms with E-state index in [1.807, 2.05) is 12.1 Å². The normalized spacial score (nSPS) is 21.0. The van der Waals surface area contributed by atoms with Crippen molar-refractivity contribution in [3.05, 3.63) is 29.8 Å². The van der Waals surface area contributed by atoms with Gasteiger partial charge in [0, 0.05) is 19.5 Å². The lowest BCUT2D eigenvalue weighted by atomic mass is 10.2. The van der Waals surface area contributed by atoms with Crippen molar-refractivity contribution in [1.82, 2.24) is 4.90 Å². The van der Waals surface area contributed by atoms with Crippen molar-refractivity contribution in [3.63, 3.8) is 0 Å². The maximum Gasteiger partial charge on any atom is 0.224 e. The van der Waals surface area contributed by atoms with E-state index in [1.165, 1.54) is 0 Å². The number of benzene rings is 1. The van der Waals surface area contributed by atoms with Gasteiger partial charge in [-0.05, 0) is 17.7 Å².